The van der Waals surface area contributed by atoms with E-state index >= 15 is 0 Å². The second kappa shape index (κ2) is 8.29. The molecule has 0 aliphatic carbocycles. The number of rotatable bonds is 6. The smallest absolute Gasteiger partial charge is 0.340 e. The number of para-hydroxylation sites is 1. The van der Waals surface area contributed by atoms with Crippen molar-refractivity contribution in [1.29, 1.82) is 0 Å². The summed E-state index contributed by atoms with van der Waals surface area (Å²) in [6.07, 6.45) is -1.72. The summed E-state index contributed by atoms with van der Waals surface area (Å²) < 4.78 is 40.2. The van der Waals surface area contributed by atoms with Gasteiger partial charge in [-0.2, -0.15) is 18.2 Å². The number of hydrogen-bond donors (Lipinski definition) is 1. The van der Waals surface area contributed by atoms with Gasteiger partial charge < -0.3 is 10.2 Å². The highest BCUT2D eigenvalue weighted by atomic mass is 19.4. The number of anilines is 4. The summed E-state index contributed by atoms with van der Waals surface area (Å²) in [7, 11) is 1.73. The van der Waals surface area contributed by atoms with Gasteiger partial charge in [0.15, 0.2) is 0 Å². The maximum Gasteiger partial charge on any atom is 0.421 e. The molecule has 0 atom stereocenters. The van der Waals surface area contributed by atoms with Crippen molar-refractivity contribution in [2.45, 2.75) is 25.9 Å². The molecule has 0 spiro atoms. The van der Waals surface area contributed by atoms with E-state index in [4.69, 9.17) is 0 Å². The highest BCUT2D eigenvalue weighted by molar-refractivity contribution is 5.63. The van der Waals surface area contributed by atoms with Gasteiger partial charge >= 0.3 is 6.18 Å². The Balaban J connectivity index is 1.94. The summed E-state index contributed by atoms with van der Waals surface area (Å²) >= 11 is 0. The summed E-state index contributed by atoms with van der Waals surface area (Å²) in [5.41, 5.74) is 1.61. The van der Waals surface area contributed by atoms with Gasteiger partial charge in [-0.05, 0) is 36.2 Å². The Hall–Kier alpha value is -3.09. The van der Waals surface area contributed by atoms with Gasteiger partial charge in [0.2, 0.25) is 5.95 Å². The zero-order valence-corrected chi connectivity index (χ0v) is 15.7. The monoisotopic (exact) mass is 386 g/mol. The summed E-state index contributed by atoms with van der Waals surface area (Å²) in [5.74, 6) is -0.104. The molecule has 0 unspecified atom stereocenters. The molecule has 0 aliphatic rings. The van der Waals surface area contributed by atoms with Gasteiger partial charge in [0.25, 0.3) is 0 Å². The van der Waals surface area contributed by atoms with Crippen LogP contribution in [0.5, 0.6) is 0 Å². The molecule has 4 nitrogen and oxygen atoms in total. The quantitative estimate of drug-likeness (QED) is 0.568. The summed E-state index contributed by atoms with van der Waals surface area (Å²) in [6.45, 7) is 2.11. The molecule has 0 amide bonds. The van der Waals surface area contributed by atoms with Gasteiger partial charge in [0, 0.05) is 24.6 Å². The van der Waals surface area contributed by atoms with Crippen LogP contribution in [0.1, 0.15) is 24.5 Å². The number of hydrogen-bond acceptors (Lipinski definition) is 4. The fourth-order valence-electron chi connectivity index (χ4n) is 2.79. The van der Waals surface area contributed by atoms with Crippen molar-refractivity contribution in [3.63, 3.8) is 0 Å². The molecule has 7 heteroatoms. The van der Waals surface area contributed by atoms with Crippen molar-refractivity contribution in [2.24, 2.45) is 0 Å². The second-order valence-electron chi connectivity index (χ2n) is 6.40. The number of aryl methyl sites for hydroxylation is 1. The Morgan fingerprint density at radius 1 is 1.00 bits per heavy atom. The molecule has 3 rings (SSSR count). The first-order valence-corrected chi connectivity index (χ1v) is 8.97. The van der Waals surface area contributed by atoms with Crippen LogP contribution in [-0.2, 0) is 12.6 Å². The molecule has 1 N–H and O–H groups in total. The molecular weight excluding hydrogens is 365 g/mol. The highest BCUT2D eigenvalue weighted by Gasteiger charge is 2.35. The lowest BCUT2D eigenvalue weighted by Gasteiger charge is -2.20. The Kier molecular flexibility index (Phi) is 5.82. The standard InChI is InChI=1S/C21H21F3N4/c1-3-7-15-10-12-17(13-11-15)28(2)20-25-14-18(21(22,23)24)19(27-20)26-16-8-5-4-6-9-16/h4-6,8-14H,3,7H2,1-2H3,(H,25,26,27). The van der Waals surface area contributed by atoms with Crippen LogP contribution in [0.4, 0.5) is 36.3 Å². The summed E-state index contributed by atoms with van der Waals surface area (Å²) in [5, 5.41) is 2.75. The minimum Gasteiger partial charge on any atom is -0.340 e. The molecule has 0 fully saturated rings. The van der Waals surface area contributed by atoms with Crippen LogP contribution in [0.2, 0.25) is 0 Å². The van der Waals surface area contributed by atoms with Crippen molar-refractivity contribution in [3.05, 3.63) is 71.9 Å². The van der Waals surface area contributed by atoms with Crippen molar-refractivity contribution < 1.29 is 13.2 Å². The van der Waals surface area contributed by atoms with Gasteiger partial charge in [0.1, 0.15) is 11.4 Å². The molecule has 0 bridgehead atoms. The predicted octanol–water partition coefficient (Wildman–Crippen LogP) is 5.96. The van der Waals surface area contributed by atoms with E-state index in [2.05, 4.69) is 22.2 Å². The average molecular weight is 386 g/mol. The van der Waals surface area contributed by atoms with Crippen molar-refractivity contribution in [2.75, 3.05) is 17.3 Å². The van der Waals surface area contributed by atoms with E-state index in [9.17, 15) is 13.2 Å². The van der Waals surface area contributed by atoms with E-state index in [1.54, 1.807) is 42.3 Å². The van der Waals surface area contributed by atoms with E-state index < -0.39 is 11.7 Å². The average Bonchev–Trinajstić information content (AvgIpc) is 2.68. The van der Waals surface area contributed by atoms with Crippen LogP contribution in [0.15, 0.2) is 60.8 Å². The number of benzene rings is 2. The summed E-state index contributed by atoms with van der Waals surface area (Å²) in [4.78, 5) is 9.75. The van der Waals surface area contributed by atoms with Crippen LogP contribution in [-0.4, -0.2) is 17.0 Å². The van der Waals surface area contributed by atoms with E-state index in [1.165, 1.54) is 5.56 Å². The first kappa shape index (κ1) is 19.7. The van der Waals surface area contributed by atoms with Crippen molar-refractivity contribution in [3.8, 4) is 0 Å². The lowest BCUT2D eigenvalue weighted by molar-refractivity contribution is -0.137. The van der Waals surface area contributed by atoms with Crippen LogP contribution < -0.4 is 10.2 Å². The zero-order chi connectivity index (χ0) is 20.1. The fraction of sp³-hybridized carbons (Fsp3) is 0.238. The Bertz CT molecular complexity index is 909. The zero-order valence-electron chi connectivity index (χ0n) is 15.7. The first-order chi connectivity index (χ1) is 13.4. The van der Waals surface area contributed by atoms with Crippen LogP contribution in [0.3, 0.4) is 0 Å². The van der Waals surface area contributed by atoms with E-state index in [0.29, 0.717) is 5.69 Å². The number of alkyl halides is 3. The number of nitrogens with zero attached hydrogens (tertiary/aromatic N) is 3. The normalized spacial score (nSPS) is 11.3. The number of nitrogens with one attached hydrogen (secondary N) is 1. The first-order valence-electron chi connectivity index (χ1n) is 8.97. The van der Waals surface area contributed by atoms with Gasteiger partial charge in [0.05, 0.1) is 0 Å². The third-order valence-electron chi connectivity index (χ3n) is 4.28. The molecule has 0 aliphatic heterocycles. The minimum absolute atomic E-state index is 0.176. The number of aromatic nitrogens is 2. The fourth-order valence-corrected chi connectivity index (χ4v) is 2.79. The van der Waals surface area contributed by atoms with E-state index in [1.807, 2.05) is 24.3 Å². The lowest BCUT2D eigenvalue weighted by Crippen LogP contribution is -2.17. The van der Waals surface area contributed by atoms with E-state index in [0.717, 1.165) is 24.7 Å². The Morgan fingerprint density at radius 2 is 1.68 bits per heavy atom. The summed E-state index contributed by atoms with van der Waals surface area (Å²) in [6, 6.07) is 16.5. The van der Waals surface area contributed by atoms with Crippen LogP contribution >= 0.6 is 0 Å². The molecule has 0 saturated carbocycles. The Morgan fingerprint density at radius 3 is 2.29 bits per heavy atom. The van der Waals surface area contributed by atoms with Gasteiger partial charge in [-0.15, -0.1) is 0 Å². The molecule has 0 saturated heterocycles. The molecular formula is C21H21F3N4. The maximum absolute atomic E-state index is 13.4. The van der Waals surface area contributed by atoms with Crippen LogP contribution in [0.25, 0.3) is 0 Å². The van der Waals surface area contributed by atoms with Crippen LogP contribution in [0, 0.1) is 0 Å². The Labute approximate surface area is 162 Å². The topological polar surface area (TPSA) is 41.1 Å². The molecule has 0 radical (unpaired) electrons. The van der Waals surface area contributed by atoms with Gasteiger partial charge in [-0.25, -0.2) is 4.98 Å². The molecule has 146 valence electrons. The molecule has 1 aromatic heterocycles. The van der Waals surface area contributed by atoms with E-state index in [-0.39, 0.29) is 11.8 Å². The van der Waals surface area contributed by atoms with Crippen molar-refractivity contribution in [1.82, 2.24) is 9.97 Å². The minimum atomic E-state index is -4.56. The highest BCUT2D eigenvalue weighted by Crippen LogP contribution is 2.36. The largest absolute Gasteiger partial charge is 0.421 e. The van der Waals surface area contributed by atoms with Crippen molar-refractivity contribution >= 4 is 23.1 Å². The third kappa shape index (κ3) is 4.60. The molecule has 28 heavy (non-hydrogen) atoms. The van der Waals surface area contributed by atoms with Gasteiger partial charge in [-0.3, -0.25) is 0 Å². The maximum atomic E-state index is 13.4. The molecule has 1 heterocycles. The number of halogens is 3. The molecule has 3 aromatic rings. The predicted molar refractivity (Wildman–Crippen MR) is 105 cm³/mol. The third-order valence-corrected chi connectivity index (χ3v) is 4.28. The lowest BCUT2D eigenvalue weighted by atomic mass is 10.1. The molecule has 2 aromatic carbocycles. The van der Waals surface area contributed by atoms with Gasteiger partial charge in [-0.1, -0.05) is 43.7 Å². The second-order valence-corrected chi connectivity index (χ2v) is 6.40. The SMILES string of the molecule is CCCc1ccc(N(C)c2ncc(C(F)(F)F)c(Nc3ccccc3)n2)cc1.